The lowest BCUT2D eigenvalue weighted by atomic mass is 9.52. The molecule has 0 aromatic rings. The van der Waals surface area contributed by atoms with Gasteiger partial charge < -0.3 is 11.1 Å². The minimum absolute atomic E-state index is 0.0984. The molecule has 20 heavy (non-hydrogen) atoms. The van der Waals surface area contributed by atoms with Gasteiger partial charge in [0.25, 0.3) is 0 Å². The molecule has 3 aliphatic rings. The average Bonchev–Trinajstić information content (AvgIpc) is 2.34. The number of carbonyl (C=O) groups is 1. The van der Waals surface area contributed by atoms with Crippen molar-refractivity contribution in [3.05, 3.63) is 0 Å². The van der Waals surface area contributed by atoms with Crippen molar-refractivity contribution in [2.24, 2.45) is 34.3 Å². The molecule has 1 aliphatic heterocycles. The molecule has 0 radical (unpaired) electrons. The van der Waals surface area contributed by atoms with E-state index in [1.165, 1.54) is 45.2 Å². The first kappa shape index (κ1) is 14.4. The monoisotopic (exact) mass is 278 g/mol. The van der Waals surface area contributed by atoms with E-state index < -0.39 is 0 Å². The molecule has 2 aliphatic carbocycles. The standard InChI is InChI=1S/C17H30N2O/c1-12(7-13-8-16(2,9-13)15(18)20)14-10-17(11-14)3-5-19-6-4-17/h12-14,19H,3-11H2,1-2H3,(H2,18,20). The fraction of sp³-hybridized carbons (Fsp3) is 0.941. The molecule has 0 aromatic carbocycles. The fourth-order valence-electron chi connectivity index (χ4n) is 5.12. The summed E-state index contributed by atoms with van der Waals surface area (Å²) in [6, 6.07) is 0. The maximum atomic E-state index is 11.4. The summed E-state index contributed by atoms with van der Waals surface area (Å²) >= 11 is 0. The third-order valence-electron chi connectivity index (χ3n) is 6.64. The summed E-state index contributed by atoms with van der Waals surface area (Å²) in [5.74, 6) is 2.41. The van der Waals surface area contributed by atoms with Crippen LogP contribution in [0.25, 0.3) is 0 Å². The number of piperidine rings is 1. The summed E-state index contributed by atoms with van der Waals surface area (Å²) in [6.45, 7) is 6.91. The Hall–Kier alpha value is -0.570. The highest BCUT2D eigenvalue weighted by Crippen LogP contribution is 2.56. The van der Waals surface area contributed by atoms with Crippen LogP contribution >= 0.6 is 0 Å². The average molecular weight is 278 g/mol. The summed E-state index contributed by atoms with van der Waals surface area (Å²) in [4.78, 5) is 11.4. The Morgan fingerprint density at radius 2 is 1.85 bits per heavy atom. The van der Waals surface area contributed by atoms with Crippen LogP contribution in [-0.2, 0) is 4.79 Å². The van der Waals surface area contributed by atoms with Crippen molar-refractivity contribution in [3.8, 4) is 0 Å². The highest BCUT2D eigenvalue weighted by molar-refractivity contribution is 5.81. The number of hydrogen-bond acceptors (Lipinski definition) is 2. The minimum Gasteiger partial charge on any atom is -0.369 e. The molecule has 3 rings (SSSR count). The molecule has 3 N–H and O–H groups in total. The minimum atomic E-state index is -0.194. The summed E-state index contributed by atoms with van der Waals surface area (Å²) < 4.78 is 0. The van der Waals surface area contributed by atoms with Crippen LogP contribution in [0.15, 0.2) is 0 Å². The van der Waals surface area contributed by atoms with Gasteiger partial charge in [0.2, 0.25) is 5.91 Å². The van der Waals surface area contributed by atoms with Gasteiger partial charge in [-0.05, 0) is 81.2 Å². The molecule has 3 nitrogen and oxygen atoms in total. The molecule has 3 heteroatoms. The molecule has 0 bridgehead atoms. The summed E-state index contributed by atoms with van der Waals surface area (Å²) in [7, 11) is 0. The van der Waals surface area contributed by atoms with Gasteiger partial charge in [0.15, 0.2) is 0 Å². The molecular formula is C17H30N2O. The number of nitrogens with one attached hydrogen (secondary N) is 1. The van der Waals surface area contributed by atoms with Gasteiger partial charge in [-0.15, -0.1) is 0 Å². The van der Waals surface area contributed by atoms with E-state index in [4.69, 9.17) is 5.73 Å². The van der Waals surface area contributed by atoms with Crippen LogP contribution in [0.2, 0.25) is 0 Å². The van der Waals surface area contributed by atoms with E-state index >= 15 is 0 Å². The van der Waals surface area contributed by atoms with E-state index in [-0.39, 0.29) is 11.3 Å². The lowest BCUT2D eigenvalue weighted by molar-refractivity contribution is -0.135. The molecule has 1 spiro atoms. The predicted molar refractivity (Wildman–Crippen MR) is 81.1 cm³/mol. The van der Waals surface area contributed by atoms with Crippen molar-refractivity contribution < 1.29 is 4.79 Å². The highest BCUT2D eigenvalue weighted by atomic mass is 16.1. The van der Waals surface area contributed by atoms with Crippen molar-refractivity contribution in [3.63, 3.8) is 0 Å². The van der Waals surface area contributed by atoms with Gasteiger partial charge in [0.1, 0.15) is 0 Å². The number of rotatable bonds is 4. The lowest BCUT2D eigenvalue weighted by Crippen LogP contribution is -2.49. The summed E-state index contributed by atoms with van der Waals surface area (Å²) in [5.41, 5.74) is 5.98. The van der Waals surface area contributed by atoms with Crippen LogP contribution in [0.4, 0.5) is 0 Å². The zero-order valence-electron chi connectivity index (χ0n) is 13.1. The number of nitrogens with two attached hydrogens (primary N) is 1. The predicted octanol–water partition coefficient (Wildman–Crippen LogP) is 2.69. The summed E-state index contributed by atoms with van der Waals surface area (Å²) in [5, 5.41) is 3.48. The van der Waals surface area contributed by atoms with Gasteiger partial charge in [0.05, 0.1) is 0 Å². The second kappa shape index (κ2) is 5.01. The van der Waals surface area contributed by atoms with E-state index in [9.17, 15) is 4.79 Å². The highest BCUT2D eigenvalue weighted by Gasteiger charge is 2.49. The number of carbonyl (C=O) groups excluding carboxylic acids is 1. The zero-order valence-corrected chi connectivity index (χ0v) is 13.1. The molecule has 1 heterocycles. The molecule has 1 saturated heterocycles. The van der Waals surface area contributed by atoms with E-state index in [1.54, 1.807) is 0 Å². The van der Waals surface area contributed by atoms with Gasteiger partial charge in [-0.25, -0.2) is 0 Å². The van der Waals surface area contributed by atoms with Gasteiger partial charge >= 0.3 is 0 Å². The van der Waals surface area contributed by atoms with Crippen molar-refractivity contribution in [2.45, 2.75) is 58.8 Å². The second-order valence-corrected chi connectivity index (χ2v) is 8.33. The molecule has 0 aromatic heterocycles. The zero-order chi connectivity index (χ0) is 14.4. The Bertz CT molecular complexity index is 372. The molecule has 1 amide bonds. The van der Waals surface area contributed by atoms with Gasteiger partial charge in [0, 0.05) is 5.41 Å². The van der Waals surface area contributed by atoms with Crippen molar-refractivity contribution in [2.75, 3.05) is 13.1 Å². The van der Waals surface area contributed by atoms with E-state index in [2.05, 4.69) is 12.2 Å². The number of hydrogen-bond donors (Lipinski definition) is 2. The van der Waals surface area contributed by atoms with Crippen LogP contribution < -0.4 is 11.1 Å². The van der Waals surface area contributed by atoms with Crippen LogP contribution in [0.5, 0.6) is 0 Å². The molecule has 2 saturated carbocycles. The van der Waals surface area contributed by atoms with Crippen LogP contribution in [-0.4, -0.2) is 19.0 Å². The molecule has 114 valence electrons. The summed E-state index contributed by atoms with van der Waals surface area (Å²) in [6.07, 6.45) is 9.04. The van der Waals surface area contributed by atoms with Crippen molar-refractivity contribution >= 4 is 5.91 Å². The van der Waals surface area contributed by atoms with Crippen LogP contribution in [0.1, 0.15) is 58.8 Å². The second-order valence-electron chi connectivity index (χ2n) is 8.33. The Labute approximate surface area is 123 Å². The van der Waals surface area contributed by atoms with Crippen molar-refractivity contribution in [1.29, 1.82) is 0 Å². The first-order valence-electron chi connectivity index (χ1n) is 8.43. The number of amides is 1. The SMILES string of the molecule is CC(CC1CC(C)(C(N)=O)C1)C1CC2(CCNCC2)C1. The third-order valence-corrected chi connectivity index (χ3v) is 6.64. The Balaban J connectivity index is 1.41. The first-order valence-corrected chi connectivity index (χ1v) is 8.43. The van der Waals surface area contributed by atoms with Gasteiger partial charge in [-0.3, -0.25) is 4.79 Å². The topological polar surface area (TPSA) is 55.1 Å². The molecule has 3 fully saturated rings. The van der Waals surface area contributed by atoms with Crippen molar-refractivity contribution in [1.82, 2.24) is 5.32 Å². The maximum absolute atomic E-state index is 11.4. The molecular weight excluding hydrogens is 248 g/mol. The molecule has 1 atom stereocenters. The number of primary amides is 1. The maximum Gasteiger partial charge on any atom is 0.223 e. The smallest absolute Gasteiger partial charge is 0.223 e. The van der Waals surface area contributed by atoms with Gasteiger partial charge in [-0.2, -0.15) is 0 Å². The Morgan fingerprint density at radius 3 is 2.40 bits per heavy atom. The Kier molecular flexibility index (Phi) is 3.60. The molecule has 1 unspecified atom stereocenters. The quantitative estimate of drug-likeness (QED) is 0.830. The van der Waals surface area contributed by atoms with Gasteiger partial charge in [-0.1, -0.05) is 13.8 Å². The first-order chi connectivity index (χ1) is 9.42. The third kappa shape index (κ3) is 2.49. The van der Waals surface area contributed by atoms with E-state index in [0.29, 0.717) is 5.41 Å². The lowest BCUT2D eigenvalue weighted by Gasteiger charge is -2.54. The normalized spacial score (nSPS) is 38.0. The van der Waals surface area contributed by atoms with E-state index in [1.807, 2.05) is 6.92 Å². The largest absolute Gasteiger partial charge is 0.369 e. The van der Waals surface area contributed by atoms with E-state index in [0.717, 1.165) is 30.6 Å². The van der Waals surface area contributed by atoms with Crippen LogP contribution in [0.3, 0.4) is 0 Å². The van der Waals surface area contributed by atoms with Crippen LogP contribution in [0, 0.1) is 28.6 Å². The Morgan fingerprint density at radius 1 is 1.25 bits per heavy atom. The fourth-order valence-corrected chi connectivity index (χ4v) is 5.12.